The summed E-state index contributed by atoms with van der Waals surface area (Å²) in [4.78, 5) is 16.1. The minimum Gasteiger partial charge on any atom is -0.464 e. The standard InChI is InChI=1S/C13H14N2O4S/c1-19-13(16)10-5-2-4-9-8-14-12(15(9)10)11-6-3-7-20(11,17)18/h2,4-5,8,11H,3,6-7H2,1H3. The van der Waals surface area contributed by atoms with Gasteiger partial charge in [0, 0.05) is 0 Å². The Balaban J connectivity index is 2.25. The van der Waals surface area contributed by atoms with Crippen LogP contribution in [0.4, 0.5) is 0 Å². The van der Waals surface area contributed by atoms with E-state index in [1.54, 1.807) is 28.8 Å². The van der Waals surface area contributed by atoms with Crippen LogP contribution in [0.3, 0.4) is 0 Å². The van der Waals surface area contributed by atoms with E-state index in [4.69, 9.17) is 4.74 Å². The molecule has 106 valence electrons. The van der Waals surface area contributed by atoms with Crippen molar-refractivity contribution in [3.8, 4) is 0 Å². The number of rotatable bonds is 2. The summed E-state index contributed by atoms with van der Waals surface area (Å²) < 4.78 is 30.5. The Morgan fingerprint density at radius 2 is 2.25 bits per heavy atom. The number of carbonyl (C=O) groups excluding carboxylic acids is 1. The lowest BCUT2D eigenvalue weighted by molar-refractivity contribution is 0.0592. The van der Waals surface area contributed by atoms with Crippen LogP contribution < -0.4 is 0 Å². The van der Waals surface area contributed by atoms with Crippen LogP contribution in [0.25, 0.3) is 5.52 Å². The zero-order chi connectivity index (χ0) is 14.3. The third-order valence-electron chi connectivity index (χ3n) is 3.59. The molecule has 1 aliphatic heterocycles. The van der Waals surface area contributed by atoms with Crippen molar-refractivity contribution in [3.05, 3.63) is 35.9 Å². The molecular weight excluding hydrogens is 280 g/mol. The highest BCUT2D eigenvalue weighted by molar-refractivity contribution is 7.91. The number of sulfone groups is 1. The normalized spacial score (nSPS) is 21.1. The zero-order valence-corrected chi connectivity index (χ0v) is 11.8. The summed E-state index contributed by atoms with van der Waals surface area (Å²) in [6.07, 6.45) is 2.74. The second-order valence-electron chi connectivity index (χ2n) is 4.78. The average Bonchev–Trinajstić information content (AvgIpc) is 3.00. The fraction of sp³-hybridized carbons (Fsp3) is 0.385. The Bertz CT molecular complexity index is 779. The molecule has 3 rings (SSSR count). The van der Waals surface area contributed by atoms with Gasteiger partial charge in [0.05, 0.1) is 24.6 Å². The average molecular weight is 294 g/mol. The van der Waals surface area contributed by atoms with Gasteiger partial charge in [-0.05, 0) is 25.0 Å². The second-order valence-corrected chi connectivity index (χ2v) is 7.08. The van der Waals surface area contributed by atoms with Gasteiger partial charge in [-0.2, -0.15) is 0 Å². The Kier molecular flexibility index (Phi) is 3.01. The van der Waals surface area contributed by atoms with E-state index in [1.807, 2.05) is 0 Å². The van der Waals surface area contributed by atoms with Gasteiger partial charge in [-0.15, -0.1) is 0 Å². The molecule has 1 fully saturated rings. The van der Waals surface area contributed by atoms with Gasteiger partial charge < -0.3 is 4.74 Å². The van der Waals surface area contributed by atoms with Crippen LogP contribution in [0.5, 0.6) is 0 Å². The SMILES string of the molecule is COC(=O)c1cccc2cnc(C3CCCS3(=O)=O)n12. The van der Waals surface area contributed by atoms with E-state index in [2.05, 4.69) is 4.98 Å². The van der Waals surface area contributed by atoms with Crippen LogP contribution >= 0.6 is 0 Å². The third kappa shape index (κ3) is 1.89. The number of pyridine rings is 1. The van der Waals surface area contributed by atoms with E-state index in [0.29, 0.717) is 29.9 Å². The number of aromatic nitrogens is 2. The molecular formula is C13H14N2O4S. The molecule has 2 aromatic rings. The first-order valence-electron chi connectivity index (χ1n) is 6.31. The number of methoxy groups -OCH3 is 1. The predicted octanol–water partition coefficient (Wildman–Crippen LogP) is 1.37. The molecule has 7 heteroatoms. The molecule has 3 heterocycles. The Morgan fingerprint density at radius 1 is 1.45 bits per heavy atom. The minimum absolute atomic E-state index is 0.174. The van der Waals surface area contributed by atoms with Crippen molar-refractivity contribution in [2.45, 2.75) is 18.1 Å². The van der Waals surface area contributed by atoms with E-state index < -0.39 is 21.1 Å². The summed E-state index contributed by atoms with van der Waals surface area (Å²) >= 11 is 0. The summed E-state index contributed by atoms with van der Waals surface area (Å²) in [7, 11) is -1.89. The molecule has 20 heavy (non-hydrogen) atoms. The molecule has 0 radical (unpaired) electrons. The van der Waals surface area contributed by atoms with Crippen LogP contribution in [0.15, 0.2) is 24.4 Å². The van der Waals surface area contributed by atoms with Gasteiger partial charge in [-0.1, -0.05) is 6.07 Å². The van der Waals surface area contributed by atoms with E-state index in [9.17, 15) is 13.2 Å². The van der Waals surface area contributed by atoms with Gasteiger partial charge in [-0.25, -0.2) is 18.2 Å². The third-order valence-corrected chi connectivity index (χ3v) is 5.76. The van der Waals surface area contributed by atoms with Crippen LogP contribution in [0, 0.1) is 0 Å². The monoisotopic (exact) mass is 294 g/mol. The molecule has 0 aliphatic carbocycles. The Hall–Kier alpha value is -1.89. The maximum atomic E-state index is 12.1. The molecule has 1 aliphatic rings. The van der Waals surface area contributed by atoms with Crippen LogP contribution in [-0.2, 0) is 14.6 Å². The summed E-state index contributed by atoms with van der Waals surface area (Å²) in [5, 5.41) is -0.643. The van der Waals surface area contributed by atoms with Crippen molar-refractivity contribution >= 4 is 21.3 Å². The zero-order valence-electron chi connectivity index (χ0n) is 10.9. The lowest BCUT2D eigenvalue weighted by Gasteiger charge is -2.11. The summed E-state index contributed by atoms with van der Waals surface area (Å²) in [5.41, 5.74) is 0.976. The molecule has 6 nitrogen and oxygen atoms in total. The van der Waals surface area contributed by atoms with Crippen molar-refractivity contribution in [3.63, 3.8) is 0 Å². The molecule has 0 amide bonds. The van der Waals surface area contributed by atoms with E-state index in [0.717, 1.165) is 0 Å². The fourth-order valence-corrected chi connectivity index (χ4v) is 4.51. The molecule has 0 bridgehead atoms. The summed E-state index contributed by atoms with van der Waals surface area (Å²) in [6.45, 7) is 0. The number of esters is 1. The number of nitrogens with zero attached hydrogens (tertiary/aromatic N) is 2. The fourth-order valence-electron chi connectivity index (χ4n) is 2.64. The minimum atomic E-state index is -3.19. The number of carbonyl (C=O) groups is 1. The van der Waals surface area contributed by atoms with Crippen molar-refractivity contribution < 1.29 is 17.9 Å². The lowest BCUT2D eigenvalue weighted by Crippen LogP contribution is -2.15. The van der Waals surface area contributed by atoms with Crippen molar-refractivity contribution in [1.82, 2.24) is 9.38 Å². The quantitative estimate of drug-likeness (QED) is 0.782. The molecule has 0 saturated carbocycles. The van der Waals surface area contributed by atoms with Gasteiger partial charge >= 0.3 is 5.97 Å². The van der Waals surface area contributed by atoms with Gasteiger partial charge in [0.15, 0.2) is 9.84 Å². The largest absolute Gasteiger partial charge is 0.464 e. The predicted molar refractivity (Wildman–Crippen MR) is 72.3 cm³/mol. The highest BCUT2D eigenvalue weighted by Crippen LogP contribution is 2.34. The number of ether oxygens (including phenoxy) is 1. The van der Waals surface area contributed by atoms with E-state index in [-0.39, 0.29) is 5.75 Å². The van der Waals surface area contributed by atoms with Crippen molar-refractivity contribution in [1.29, 1.82) is 0 Å². The first-order chi connectivity index (χ1) is 9.54. The number of hydrogen-bond donors (Lipinski definition) is 0. The Labute approximate surface area is 116 Å². The lowest BCUT2D eigenvalue weighted by atomic mass is 10.2. The van der Waals surface area contributed by atoms with Crippen molar-refractivity contribution in [2.75, 3.05) is 12.9 Å². The smallest absolute Gasteiger partial charge is 0.355 e. The highest BCUT2D eigenvalue weighted by Gasteiger charge is 2.36. The first-order valence-corrected chi connectivity index (χ1v) is 8.02. The number of imidazole rings is 1. The van der Waals surface area contributed by atoms with Crippen LogP contribution in [0.1, 0.15) is 34.4 Å². The Morgan fingerprint density at radius 3 is 2.90 bits per heavy atom. The molecule has 1 atom stereocenters. The number of hydrogen-bond acceptors (Lipinski definition) is 5. The maximum absolute atomic E-state index is 12.1. The van der Waals surface area contributed by atoms with E-state index in [1.165, 1.54) is 7.11 Å². The van der Waals surface area contributed by atoms with Gasteiger partial charge in [0.25, 0.3) is 0 Å². The maximum Gasteiger partial charge on any atom is 0.355 e. The van der Waals surface area contributed by atoms with Gasteiger partial charge in [-0.3, -0.25) is 4.40 Å². The number of fused-ring (bicyclic) bond motifs is 1. The van der Waals surface area contributed by atoms with Crippen molar-refractivity contribution in [2.24, 2.45) is 0 Å². The van der Waals surface area contributed by atoms with Gasteiger partial charge in [0.1, 0.15) is 16.8 Å². The van der Waals surface area contributed by atoms with Gasteiger partial charge in [0.2, 0.25) is 0 Å². The topological polar surface area (TPSA) is 77.7 Å². The molecule has 0 N–H and O–H groups in total. The molecule has 1 unspecified atom stereocenters. The molecule has 1 saturated heterocycles. The highest BCUT2D eigenvalue weighted by atomic mass is 32.2. The van der Waals surface area contributed by atoms with E-state index >= 15 is 0 Å². The summed E-state index contributed by atoms with van der Waals surface area (Å²) in [6, 6.07) is 5.10. The second kappa shape index (κ2) is 4.59. The molecule has 0 spiro atoms. The first kappa shape index (κ1) is 13.1. The molecule has 0 aromatic carbocycles. The van der Waals surface area contributed by atoms with Crippen LogP contribution in [0.2, 0.25) is 0 Å². The molecule has 2 aromatic heterocycles. The van der Waals surface area contributed by atoms with Crippen LogP contribution in [-0.4, -0.2) is 36.6 Å². The summed E-state index contributed by atoms with van der Waals surface area (Å²) in [5.74, 6) is 0.0659.